The third-order valence-corrected chi connectivity index (χ3v) is 2.74. The summed E-state index contributed by atoms with van der Waals surface area (Å²) in [5, 5.41) is 0. The molecule has 0 amide bonds. The zero-order valence-corrected chi connectivity index (χ0v) is 11.9. The molecule has 0 saturated heterocycles. The third kappa shape index (κ3) is 4.96. The average Bonchev–Trinajstić information content (AvgIpc) is 2.28. The minimum absolute atomic E-state index is 0.155. The van der Waals surface area contributed by atoms with Crippen LogP contribution in [-0.4, -0.2) is 19.8 Å². The summed E-state index contributed by atoms with van der Waals surface area (Å²) in [6.07, 6.45) is 1.89. The fourth-order valence-corrected chi connectivity index (χ4v) is 1.74. The standard InChI is InChI=1S/C15H25NO2/c1-11(2)7-8-18-15-10-13(9-12(3)16)5-6-14(15)17-4/h5-6,10-12H,7-9,16H2,1-4H3. The van der Waals surface area contributed by atoms with E-state index < -0.39 is 0 Å². The van der Waals surface area contributed by atoms with Crippen molar-refractivity contribution in [3.63, 3.8) is 0 Å². The van der Waals surface area contributed by atoms with Crippen molar-refractivity contribution in [2.75, 3.05) is 13.7 Å². The Hall–Kier alpha value is -1.22. The maximum Gasteiger partial charge on any atom is 0.161 e. The first-order valence-corrected chi connectivity index (χ1v) is 6.58. The van der Waals surface area contributed by atoms with Crippen LogP contribution in [0.3, 0.4) is 0 Å². The van der Waals surface area contributed by atoms with Crippen LogP contribution in [-0.2, 0) is 6.42 Å². The van der Waals surface area contributed by atoms with E-state index in [1.165, 1.54) is 5.56 Å². The van der Waals surface area contributed by atoms with E-state index in [1.54, 1.807) is 7.11 Å². The van der Waals surface area contributed by atoms with Gasteiger partial charge in [0.2, 0.25) is 0 Å². The molecule has 0 aromatic heterocycles. The highest BCUT2D eigenvalue weighted by atomic mass is 16.5. The number of ether oxygens (including phenoxy) is 2. The molecule has 0 aliphatic rings. The van der Waals surface area contributed by atoms with E-state index in [0.29, 0.717) is 5.92 Å². The Morgan fingerprint density at radius 2 is 1.89 bits per heavy atom. The summed E-state index contributed by atoms with van der Waals surface area (Å²) in [6.45, 7) is 7.10. The summed E-state index contributed by atoms with van der Waals surface area (Å²) in [4.78, 5) is 0. The van der Waals surface area contributed by atoms with Crippen molar-refractivity contribution in [1.29, 1.82) is 0 Å². The van der Waals surface area contributed by atoms with Crippen molar-refractivity contribution in [1.82, 2.24) is 0 Å². The molecule has 102 valence electrons. The highest BCUT2D eigenvalue weighted by molar-refractivity contribution is 5.43. The van der Waals surface area contributed by atoms with Gasteiger partial charge in [-0.05, 0) is 43.4 Å². The Morgan fingerprint density at radius 3 is 2.44 bits per heavy atom. The highest BCUT2D eigenvalue weighted by Crippen LogP contribution is 2.28. The number of nitrogens with two attached hydrogens (primary N) is 1. The Bertz CT molecular complexity index is 362. The van der Waals surface area contributed by atoms with Crippen molar-refractivity contribution in [2.24, 2.45) is 11.7 Å². The predicted molar refractivity (Wildman–Crippen MR) is 75.3 cm³/mol. The SMILES string of the molecule is COc1ccc(CC(C)N)cc1OCCC(C)C. The lowest BCUT2D eigenvalue weighted by molar-refractivity contribution is 0.272. The summed E-state index contributed by atoms with van der Waals surface area (Å²) in [5.41, 5.74) is 7.00. The van der Waals surface area contributed by atoms with Crippen LogP contribution in [0.15, 0.2) is 18.2 Å². The monoisotopic (exact) mass is 251 g/mol. The molecule has 1 aromatic rings. The second-order valence-electron chi connectivity index (χ2n) is 5.20. The van der Waals surface area contributed by atoms with Crippen LogP contribution in [0.2, 0.25) is 0 Å². The van der Waals surface area contributed by atoms with E-state index >= 15 is 0 Å². The van der Waals surface area contributed by atoms with Crippen LogP contribution < -0.4 is 15.2 Å². The Labute approximate surface area is 110 Å². The molecule has 2 N–H and O–H groups in total. The van der Waals surface area contributed by atoms with Gasteiger partial charge in [-0.2, -0.15) is 0 Å². The van der Waals surface area contributed by atoms with Gasteiger partial charge in [-0.25, -0.2) is 0 Å². The van der Waals surface area contributed by atoms with E-state index in [4.69, 9.17) is 15.2 Å². The zero-order valence-electron chi connectivity index (χ0n) is 11.9. The van der Waals surface area contributed by atoms with Gasteiger partial charge in [0.05, 0.1) is 13.7 Å². The molecule has 0 heterocycles. The normalized spacial score (nSPS) is 12.6. The van der Waals surface area contributed by atoms with Gasteiger partial charge in [-0.1, -0.05) is 19.9 Å². The van der Waals surface area contributed by atoms with Gasteiger partial charge in [0.1, 0.15) is 0 Å². The van der Waals surface area contributed by atoms with Gasteiger partial charge < -0.3 is 15.2 Å². The number of methoxy groups -OCH3 is 1. The first kappa shape index (κ1) is 14.8. The molecule has 0 spiro atoms. The van der Waals surface area contributed by atoms with Gasteiger partial charge in [0.25, 0.3) is 0 Å². The van der Waals surface area contributed by atoms with E-state index in [0.717, 1.165) is 30.9 Å². The third-order valence-electron chi connectivity index (χ3n) is 2.74. The summed E-state index contributed by atoms with van der Waals surface area (Å²) in [7, 11) is 1.66. The molecule has 1 aromatic carbocycles. The van der Waals surface area contributed by atoms with Crippen LogP contribution in [0.5, 0.6) is 11.5 Å². The number of benzene rings is 1. The van der Waals surface area contributed by atoms with Gasteiger partial charge in [-0.3, -0.25) is 0 Å². The van der Waals surface area contributed by atoms with Crippen molar-refractivity contribution < 1.29 is 9.47 Å². The fourth-order valence-electron chi connectivity index (χ4n) is 1.74. The highest BCUT2D eigenvalue weighted by Gasteiger charge is 2.07. The molecule has 0 aliphatic heterocycles. The van der Waals surface area contributed by atoms with Crippen LogP contribution in [0.25, 0.3) is 0 Å². The quantitative estimate of drug-likeness (QED) is 0.810. The molecule has 0 bridgehead atoms. The van der Waals surface area contributed by atoms with Gasteiger partial charge in [0.15, 0.2) is 11.5 Å². The number of hydrogen-bond donors (Lipinski definition) is 1. The lowest BCUT2D eigenvalue weighted by Gasteiger charge is -2.14. The van der Waals surface area contributed by atoms with Crippen LogP contribution in [0.1, 0.15) is 32.8 Å². The second-order valence-corrected chi connectivity index (χ2v) is 5.20. The molecule has 18 heavy (non-hydrogen) atoms. The minimum Gasteiger partial charge on any atom is -0.493 e. The zero-order chi connectivity index (χ0) is 13.5. The van der Waals surface area contributed by atoms with Crippen molar-refractivity contribution in [3.8, 4) is 11.5 Å². The molecule has 0 radical (unpaired) electrons. The largest absolute Gasteiger partial charge is 0.493 e. The molecule has 1 unspecified atom stereocenters. The maximum atomic E-state index is 5.81. The van der Waals surface area contributed by atoms with Crippen LogP contribution in [0.4, 0.5) is 0 Å². The minimum atomic E-state index is 0.155. The molecular weight excluding hydrogens is 226 g/mol. The smallest absolute Gasteiger partial charge is 0.161 e. The molecule has 1 rings (SSSR count). The molecule has 0 fully saturated rings. The Balaban J connectivity index is 2.72. The van der Waals surface area contributed by atoms with Crippen molar-refractivity contribution in [2.45, 2.75) is 39.7 Å². The Kier molecular flexibility index (Phi) is 5.99. The summed E-state index contributed by atoms with van der Waals surface area (Å²) >= 11 is 0. The molecule has 3 heteroatoms. The van der Waals surface area contributed by atoms with E-state index in [1.807, 2.05) is 25.1 Å². The van der Waals surface area contributed by atoms with E-state index in [2.05, 4.69) is 13.8 Å². The Morgan fingerprint density at radius 1 is 1.17 bits per heavy atom. The molecule has 1 atom stereocenters. The first-order valence-electron chi connectivity index (χ1n) is 6.58. The molecule has 0 saturated carbocycles. The lowest BCUT2D eigenvalue weighted by Crippen LogP contribution is -2.17. The van der Waals surface area contributed by atoms with E-state index in [9.17, 15) is 0 Å². The number of rotatable bonds is 7. The molecule has 3 nitrogen and oxygen atoms in total. The number of hydrogen-bond acceptors (Lipinski definition) is 3. The summed E-state index contributed by atoms with van der Waals surface area (Å²) < 4.78 is 11.1. The fraction of sp³-hybridized carbons (Fsp3) is 0.600. The average molecular weight is 251 g/mol. The molecule has 0 aliphatic carbocycles. The van der Waals surface area contributed by atoms with Crippen LogP contribution in [0, 0.1) is 5.92 Å². The van der Waals surface area contributed by atoms with Gasteiger partial charge in [-0.15, -0.1) is 0 Å². The lowest BCUT2D eigenvalue weighted by atomic mass is 10.1. The van der Waals surface area contributed by atoms with Crippen LogP contribution >= 0.6 is 0 Å². The predicted octanol–water partition coefficient (Wildman–Crippen LogP) is 3.01. The summed E-state index contributed by atoms with van der Waals surface area (Å²) in [5.74, 6) is 2.24. The van der Waals surface area contributed by atoms with Crippen molar-refractivity contribution >= 4 is 0 Å². The van der Waals surface area contributed by atoms with Crippen molar-refractivity contribution in [3.05, 3.63) is 23.8 Å². The van der Waals surface area contributed by atoms with E-state index in [-0.39, 0.29) is 6.04 Å². The van der Waals surface area contributed by atoms with Gasteiger partial charge >= 0.3 is 0 Å². The van der Waals surface area contributed by atoms with Gasteiger partial charge in [0, 0.05) is 6.04 Å². The topological polar surface area (TPSA) is 44.5 Å². The summed E-state index contributed by atoms with van der Waals surface area (Å²) in [6, 6.07) is 6.17. The second kappa shape index (κ2) is 7.27. The first-order chi connectivity index (χ1) is 8.52. The maximum absolute atomic E-state index is 5.81. The molecular formula is C15H25NO2.